The van der Waals surface area contributed by atoms with Gasteiger partial charge in [0.25, 0.3) is 5.91 Å². The van der Waals surface area contributed by atoms with Crippen molar-refractivity contribution in [1.29, 1.82) is 0 Å². The number of hydrogen-bond acceptors (Lipinski definition) is 4. The van der Waals surface area contributed by atoms with E-state index in [-0.39, 0.29) is 5.91 Å². The fourth-order valence-corrected chi connectivity index (χ4v) is 4.35. The van der Waals surface area contributed by atoms with Gasteiger partial charge in [-0.25, -0.2) is 4.98 Å². The molecule has 4 nitrogen and oxygen atoms in total. The highest BCUT2D eigenvalue weighted by molar-refractivity contribution is 7.13. The smallest absolute Gasteiger partial charge is 0.265 e. The first-order valence-corrected chi connectivity index (χ1v) is 10.2. The summed E-state index contributed by atoms with van der Waals surface area (Å²) in [7, 11) is 0. The van der Waals surface area contributed by atoms with E-state index in [1.165, 1.54) is 5.56 Å². The molecule has 2 aromatic rings. The summed E-state index contributed by atoms with van der Waals surface area (Å²) >= 11 is 1.55. The monoisotopic (exact) mass is 372 g/mol. The summed E-state index contributed by atoms with van der Waals surface area (Å²) in [5.41, 5.74) is 2.06. The third-order valence-corrected chi connectivity index (χ3v) is 6.23. The molecule has 1 unspecified atom stereocenters. The molecule has 1 aromatic carbocycles. The van der Waals surface area contributed by atoms with Crippen LogP contribution in [0.1, 0.15) is 58.5 Å². The summed E-state index contributed by atoms with van der Waals surface area (Å²) in [6.07, 6.45) is 2.14. The van der Waals surface area contributed by atoms with Gasteiger partial charge in [0.2, 0.25) is 0 Å². The van der Waals surface area contributed by atoms with Crippen LogP contribution in [-0.2, 0) is 0 Å². The van der Waals surface area contributed by atoms with Crippen LogP contribution in [-0.4, -0.2) is 35.5 Å². The van der Waals surface area contributed by atoms with Crippen molar-refractivity contribution in [3.63, 3.8) is 0 Å². The van der Waals surface area contributed by atoms with E-state index in [0.717, 1.165) is 47.3 Å². The van der Waals surface area contributed by atoms with Gasteiger partial charge in [-0.15, -0.1) is 11.3 Å². The molecular formula is C21H28N2O2S. The van der Waals surface area contributed by atoms with Crippen molar-refractivity contribution in [2.45, 2.75) is 46.5 Å². The van der Waals surface area contributed by atoms with Crippen LogP contribution >= 0.6 is 11.3 Å². The Hall–Kier alpha value is -1.88. The average molecular weight is 373 g/mol. The third-order valence-electron chi connectivity index (χ3n) is 4.78. The molecule has 0 spiro atoms. The SMILES string of the molecule is Cc1cccc(OCC2CCCN(C(=O)c3sc(C(C)C)nc3C)C2)c1. The van der Waals surface area contributed by atoms with Gasteiger partial charge in [0.15, 0.2) is 0 Å². The molecule has 1 fully saturated rings. The molecule has 140 valence electrons. The Morgan fingerprint density at radius 3 is 2.88 bits per heavy atom. The number of benzene rings is 1. The second-order valence-corrected chi connectivity index (χ2v) is 8.54. The van der Waals surface area contributed by atoms with Gasteiger partial charge in [-0.2, -0.15) is 0 Å². The molecule has 1 amide bonds. The van der Waals surface area contributed by atoms with Crippen molar-refractivity contribution in [3.05, 3.63) is 45.4 Å². The van der Waals surface area contributed by atoms with E-state index < -0.39 is 0 Å². The molecule has 0 bridgehead atoms. The standard InChI is InChI=1S/C21H28N2O2S/c1-14(2)20-22-16(4)19(26-20)21(24)23-10-6-8-17(12-23)13-25-18-9-5-7-15(3)11-18/h5,7,9,11,14,17H,6,8,10,12-13H2,1-4H3. The van der Waals surface area contributed by atoms with Gasteiger partial charge in [-0.05, 0) is 44.4 Å². The molecule has 1 atom stereocenters. The Kier molecular flexibility index (Phi) is 5.97. The molecule has 0 radical (unpaired) electrons. The van der Waals surface area contributed by atoms with Crippen LogP contribution in [0, 0.1) is 19.8 Å². The van der Waals surface area contributed by atoms with Crippen LogP contribution in [0.4, 0.5) is 0 Å². The zero-order chi connectivity index (χ0) is 18.7. The first-order chi connectivity index (χ1) is 12.4. The average Bonchev–Trinajstić information content (AvgIpc) is 3.02. The first-order valence-electron chi connectivity index (χ1n) is 9.40. The van der Waals surface area contributed by atoms with Gasteiger partial charge < -0.3 is 9.64 Å². The molecule has 26 heavy (non-hydrogen) atoms. The highest BCUT2D eigenvalue weighted by atomic mass is 32.1. The second-order valence-electron chi connectivity index (χ2n) is 7.51. The molecule has 0 aliphatic carbocycles. The van der Waals surface area contributed by atoms with Crippen molar-refractivity contribution in [2.24, 2.45) is 5.92 Å². The minimum atomic E-state index is 0.132. The van der Waals surface area contributed by atoms with Crippen molar-refractivity contribution in [1.82, 2.24) is 9.88 Å². The quantitative estimate of drug-likeness (QED) is 0.756. The van der Waals surface area contributed by atoms with Gasteiger partial charge in [-0.3, -0.25) is 4.79 Å². The topological polar surface area (TPSA) is 42.4 Å². The minimum absolute atomic E-state index is 0.132. The molecule has 0 saturated carbocycles. The summed E-state index contributed by atoms with van der Waals surface area (Å²) in [6.45, 7) is 10.5. The van der Waals surface area contributed by atoms with E-state index in [1.54, 1.807) is 11.3 Å². The van der Waals surface area contributed by atoms with E-state index in [0.29, 0.717) is 18.4 Å². The Bertz CT molecular complexity index is 769. The Labute approximate surface area is 160 Å². The third kappa shape index (κ3) is 4.44. The minimum Gasteiger partial charge on any atom is -0.493 e. The van der Waals surface area contributed by atoms with Gasteiger partial charge >= 0.3 is 0 Å². The number of rotatable bonds is 5. The highest BCUT2D eigenvalue weighted by Crippen LogP contribution is 2.27. The van der Waals surface area contributed by atoms with Gasteiger partial charge in [0.1, 0.15) is 10.6 Å². The van der Waals surface area contributed by atoms with Crippen molar-refractivity contribution >= 4 is 17.2 Å². The van der Waals surface area contributed by atoms with Crippen LogP contribution in [0.25, 0.3) is 0 Å². The normalized spacial score (nSPS) is 17.6. The van der Waals surface area contributed by atoms with Crippen LogP contribution in [0.2, 0.25) is 0 Å². The molecule has 1 saturated heterocycles. The van der Waals surface area contributed by atoms with Gasteiger partial charge in [0, 0.05) is 24.9 Å². The van der Waals surface area contributed by atoms with Crippen LogP contribution in [0.15, 0.2) is 24.3 Å². The maximum absolute atomic E-state index is 13.0. The maximum atomic E-state index is 13.0. The van der Waals surface area contributed by atoms with Gasteiger partial charge in [-0.1, -0.05) is 26.0 Å². The number of carbonyl (C=O) groups excluding carboxylic acids is 1. The van der Waals surface area contributed by atoms with Crippen molar-refractivity contribution in [3.8, 4) is 5.75 Å². The number of carbonyl (C=O) groups is 1. The summed E-state index contributed by atoms with van der Waals surface area (Å²) in [5.74, 6) is 1.78. The number of nitrogens with zero attached hydrogens (tertiary/aromatic N) is 2. The second kappa shape index (κ2) is 8.21. The number of likely N-dealkylation sites (tertiary alicyclic amines) is 1. The molecule has 5 heteroatoms. The van der Waals surface area contributed by atoms with E-state index in [2.05, 4.69) is 37.9 Å². The van der Waals surface area contributed by atoms with E-state index in [1.807, 2.05) is 24.0 Å². The number of thiazole rings is 1. The number of ether oxygens (including phenoxy) is 1. The maximum Gasteiger partial charge on any atom is 0.265 e. The molecule has 1 aliphatic rings. The lowest BCUT2D eigenvalue weighted by molar-refractivity contribution is 0.0637. The Morgan fingerprint density at radius 1 is 1.38 bits per heavy atom. The Balaban J connectivity index is 1.61. The highest BCUT2D eigenvalue weighted by Gasteiger charge is 2.27. The number of amides is 1. The fraction of sp³-hybridized carbons (Fsp3) is 0.524. The van der Waals surface area contributed by atoms with Crippen LogP contribution < -0.4 is 4.74 Å². The predicted octanol–water partition coefficient (Wildman–Crippen LogP) is 4.81. The largest absolute Gasteiger partial charge is 0.493 e. The summed E-state index contributed by atoms with van der Waals surface area (Å²) in [4.78, 5) is 20.3. The summed E-state index contributed by atoms with van der Waals surface area (Å²) in [5, 5.41) is 1.04. The number of hydrogen-bond donors (Lipinski definition) is 0. The van der Waals surface area contributed by atoms with E-state index in [9.17, 15) is 4.79 Å². The van der Waals surface area contributed by atoms with Crippen molar-refractivity contribution < 1.29 is 9.53 Å². The fourth-order valence-electron chi connectivity index (χ4n) is 3.31. The lowest BCUT2D eigenvalue weighted by Gasteiger charge is -2.32. The molecular weight excluding hydrogens is 344 g/mol. The molecule has 2 heterocycles. The molecule has 0 N–H and O–H groups in total. The summed E-state index contributed by atoms with van der Waals surface area (Å²) in [6, 6.07) is 8.13. The molecule has 1 aromatic heterocycles. The molecule has 1 aliphatic heterocycles. The van der Waals surface area contributed by atoms with Gasteiger partial charge in [0.05, 0.1) is 17.3 Å². The lowest BCUT2D eigenvalue weighted by Crippen LogP contribution is -2.41. The number of aryl methyl sites for hydroxylation is 2. The predicted molar refractivity (Wildman–Crippen MR) is 106 cm³/mol. The van der Waals surface area contributed by atoms with Crippen LogP contribution in [0.3, 0.4) is 0 Å². The zero-order valence-electron chi connectivity index (χ0n) is 16.1. The zero-order valence-corrected chi connectivity index (χ0v) is 16.9. The first kappa shape index (κ1) is 18.9. The lowest BCUT2D eigenvalue weighted by atomic mass is 9.98. The van der Waals surface area contributed by atoms with Crippen molar-refractivity contribution in [2.75, 3.05) is 19.7 Å². The summed E-state index contributed by atoms with van der Waals surface area (Å²) < 4.78 is 5.97. The van der Waals surface area contributed by atoms with E-state index >= 15 is 0 Å². The Morgan fingerprint density at radius 2 is 2.19 bits per heavy atom. The number of aromatic nitrogens is 1. The number of piperidine rings is 1. The molecule has 3 rings (SSSR count). The van der Waals surface area contributed by atoms with Crippen LogP contribution in [0.5, 0.6) is 5.75 Å². The van der Waals surface area contributed by atoms with E-state index in [4.69, 9.17) is 4.74 Å².